The van der Waals surface area contributed by atoms with Gasteiger partial charge in [-0.05, 0) is 85.6 Å². The molecule has 150 valence electrons. The van der Waals surface area contributed by atoms with Gasteiger partial charge in [0.2, 0.25) is 0 Å². The van der Waals surface area contributed by atoms with E-state index in [1.165, 1.54) is 56.6 Å². The molecule has 2 fully saturated rings. The van der Waals surface area contributed by atoms with Crippen LogP contribution in [0.15, 0.2) is 36.9 Å². The van der Waals surface area contributed by atoms with Gasteiger partial charge in [0.15, 0.2) is 0 Å². The van der Waals surface area contributed by atoms with E-state index in [4.69, 9.17) is 0 Å². The van der Waals surface area contributed by atoms with Crippen LogP contribution >= 0.6 is 0 Å². The Morgan fingerprint density at radius 1 is 1.04 bits per heavy atom. The second-order valence-corrected chi connectivity index (χ2v) is 9.08. The number of halogens is 2. The van der Waals surface area contributed by atoms with Crippen molar-refractivity contribution in [3.8, 4) is 0 Å². The molecule has 0 amide bonds. The Hall–Kier alpha value is -1.70. The molecule has 0 spiro atoms. The van der Waals surface area contributed by atoms with Crippen molar-refractivity contribution in [3.63, 3.8) is 0 Å². The molecule has 0 aliphatic heterocycles. The van der Waals surface area contributed by atoms with Gasteiger partial charge in [-0.3, -0.25) is 0 Å². The highest BCUT2D eigenvalue weighted by molar-refractivity contribution is 5.85. The lowest BCUT2D eigenvalue weighted by molar-refractivity contribution is 0.116. The molecule has 2 aliphatic rings. The zero-order chi connectivity index (χ0) is 19.7. The van der Waals surface area contributed by atoms with E-state index in [0.29, 0.717) is 29.5 Å². The Bertz CT molecular complexity index is 853. The molecule has 0 N–H and O–H groups in total. The second kappa shape index (κ2) is 8.35. The van der Waals surface area contributed by atoms with Gasteiger partial charge in [0.25, 0.3) is 0 Å². The van der Waals surface area contributed by atoms with Crippen molar-refractivity contribution in [1.82, 2.24) is 0 Å². The largest absolute Gasteiger partial charge is 0.207 e. The van der Waals surface area contributed by atoms with Crippen molar-refractivity contribution in [2.45, 2.75) is 70.6 Å². The first kappa shape index (κ1) is 19.6. The van der Waals surface area contributed by atoms with Crippen LogP contribution in [0.3, 0.4) is 0 Å². The third-order valence-corrected chi connectivity index (χ3v) is 7.52. The monoisotopic (exact) mass is 382 g/mol. The molecular formula is C26H32F2. The molecule has 2 aromatic carbocycles. The smallest absolute Gasteiger partial charge is 0.137 e. The predicted molar refractivity (Wildman–Crippen MR) is 114 cm³/mol. The summed E-state index contributed by atoms with van der Waals surface area (Å²) < 4.78 is 29.3. The van der Waals surface area contributed by atoms with E-state index in [0.717, 1.165) is 17.8 Å². The van der Waals surface area contributed by atoms with Gasteiger partial charge >= 0.3 is 0 Å². The Kier molecular flexibility index (Phi) is 5.85. The van der Waals surface area contributed by atoms with E-state index in [2.05, 4.69) is 19.6 Å². The Labute approximate surface area is 168 Å². The van der Waals surface area contributed by atoms with Crippen molar-refractivity contribution < 1.29 is 8.78 Å². The highest BCUT2D eigenvalue weighted by Gasteiger charge is 2.35. The summed E-state index contributed by atoms with van der Waals surface area (Å²) in [6.45, 7) is 5.98. The van der Waals surface area contributed by atoms with Crippen LogP contribution in [-0.2, 0) is 6.42 Å². The number of allylic oxidation sites excluding steroid dienone is 1. The van der Waals surface area contributed by atoms with Crippen LogP contribution in [0, 0.1) is 29.4 Å². The topological polar surface area (TPSA) is 0 Å². The summed E-state index contributed by atoms with van der Waals surface area (Å²) in [6, 6.07) is 7.53. The summed E-state index contributed by atoms with van der Waals surface area (Å²) in [5.74, 6) is 2.38. The average molecular weight is 383 g/mol. The lowest BCUT2D eigenvalue weighted by atomic mass is 9.63. The van der Waals surface area contributed by atoms with Gasteiger partial charge in [0.1, 0.15) is 11.6 Å². The summed E-state index contributed by atoms with van der Waals surface area (Å²) in [7, 11) is 0. The zero-order valence-electron chi connectivity index (χ0n) is 17.0. The van der Waals surface area contributed by atoms with Gasteiger partial charge < -0.3 is 0 Å². The molecule has 2 unspecified atom stereocenters. The van der Waals surface area contributed by atoms with Crippen LogP contribution in [0.5, 0.6) is 0 Å². The molecule has 2 aromatic rings. The van der Waals surface area contributed by atoms with Crippen molar-refractivity contribution in [3.05, 3.63) is 59.7 Å². The minimum Gasteiger partial charge on any atom is -0.207 e. The maximum atomic E-state index is 14.8. The third-order valence-electron chi connectivity index (χ3n) is 7.52. The minimum atomic E-state index is -0.425. The first-order chi connectivity index (χ1) is 13.6. The first-order valence-electron chi connectivity index (χ1n) is 11.1. The van der Waals surface area contributed by atoms with Gasteiger partial charge in [-0.1, -0.05) is 44.0 Å². The van der Waals surface area contributed by atoms with Crippen LogP contribution in [0.25, 0.3) is 10.8 Å². The standard InChI is InChI=1S/C26H32F2/c1-3-5-6-24-25(27)16-22-15-21(11-12-23(22)26(24)28)20-10-9-18-13-17(4-2)7-8-19(18)14-20/h3,11-12,15-20H,1,4-10,13-14H2,2H3/t17?,18-,19?,20-/m1/s1. The molecular weight excluding hydrogens is 350 g/mol. The zero-order valence-corrected chi connectivity index (χ0v) is 17.0. The van der Waals surface area contributed by atoms with Gasteiger partial charge in [-0.2, -0.15) is 0 Å². The molecule has 0 radical (unpaired) electrons. The molecule has 28 heavy (non-hydrogen) atoms. The molecule has 0 nitrogen and oxygen atoms in total. The molecule has 2 saturated carbocycles. The van der Waals surface area contributed by atoms with E-state index in [1.54, 1.807) is 6.08 Å². The fourth-order valence-electron chi connectivity index (χ4n) is 5.78. The summed E-state index contributed by atoms with van der Waals surface area (Å²) in [5, 5.41) is 1.24. The number of hydrogen-bond acceptors (Lipinski definition) is 0. The van der Waals surface area contributed by atoms with Gasteiger partial charge in [-0.25, -0.2) is 8.78 Å². The number of fused-ring (bicyclic) bond motifs is 2. The Morgan fingerprint density at radius 2 is 1.82 bits per heavy atom. The minimum absolute atomic E-state index is 0.188. The highest BCUT2D eigenvalue weighted by atomic mass is 19.1. The molecule has 0 aromatic heterocycles. The van der Waals surface area contributed by atoms with E-state index < -0.39 is 11.6 Å². The fourth-order valence-corrected chi connectivity index (χ4v) is 5.78. The van der Waals surface area contributed by atoms with Crippen molar-refractivity contribution >= 4 is 10.8 Å². The van der Waals surface area contributed by atoms with Crippen molar-refractivity contribution in [1.29, 1.82) is 0 Å². The summed E-state index contributed by atoms with van der Waals surface area (Å²) in [6.07, 6.45) is 11.9. The van der Waals surface area contributed by atoms with Gasteiger partial charge in [0.05, 0.1) is 0 Å². The van der Waals surface area contributed by atoms with Crippen molar-refractivity contribution in [2.24, 2.45) is 17.8 Å². The Morgan fingerprint density at radius 3 is 2.61 bits per heavy atom. The third kappa shape index (κ3) is 3.75. The lowest BCUT2D eigenvalue weighted by Gasteiger charge is -2.42. The Balaban J connectivity index is 1.56. The van der Waals surface area contributed by atoms with Crippen LogP contribution in [0.4, 0.5) is 8.78 Å². The van der Waals surface area contributed by atoms with E-state index >= 15 is 0 Å². The number of benzene rings is 2. The normalized spacial score (nSPS) is 27.5. The molecule has 4 rings (SSSR count). The van der Waals surface area contributed by atoms with Crippen LogP contribution in [0.2, 0.25) is 0 Å². The molecule has 0 heterocycles. The molecule has 0 saturated heterocycles. The first-order valence-corrected chi connectivity index (χ1v) is 11.1. The highest BCUT2D eigenvalue weighted by Crippen LogP contribution is 2.48. The lowest BCUT2D eigenvalue weighted by Crippen LogP contribution is -2.30. The van der Waals surface area contributed by atoms with E-state index in [-0.39, 0.29) is 5.56 Å². The second-order valence-electron chi connectivity index (χ2n) is 9.08. The average Bonchev–Trinajstić information content (AvgIpc) is 2.72. The quantitative estimate of drug-likeness (QED) is 0.460. The summed E-state index contributed by atoms with van der Waals surface area (Å²) >= 11 is 0. The van der Waals surface area contributed by atoms with Gasteiger partial charge in [-0.15, -0.1) is 6.58 Å². The van der Waals surface area contributed by atoms with E-state index in [1.807, 2.05) is 12.1 Å². The predicted octanol–water partition coefficient (Wildman–Crippen LogP) is 7.95. The van der Waals surface area contributed by atoms with Crippen molar-refractivity contribution in [2.75, 3.05) is 0 Å². The number of hydrogen-bond donors (Lipinski definition) is 0. The maximum Gasteiger partial charge on any atom is 0.137 e. The molecule has 2 aliphatic carbocycles. The SMILES string of the molecule is C=CCCc1c(F)cc2cc([C@@H]3CC[C@@H]4CC(CC)CCC4C3)ccc2c1F. The maximum absolute atomic E-state index is 14.8. The molecule has 0 bridgehead atoms. The van der Waals surface area contributed by atoms with Gasteiger partial charge in [0, 0.05) is 10.9 Å². The van der Waals surface area contributed by atoms with Crippen LogP contribution in [0.1, 0.15) is 75.3 Å². The number of rotatable bonds is 5. The van der Waals surface area contributed by atoms with Crippen LogP contribution < -0.4 is 0 Å². The molecule has 4 atom stereocenters. The molecule has 2 heteroatoms. The summed E-state index contributed by atoms with van der Waals surface area (Å²) in [4.78, 5) is 0. The van der Waals surface area contributed by atoms with Crippen LogP contribution in [-0.4, -0.2) is 0 Å². The van der Waals surface area contributed by atoms with E-state index in [9.17, 15) is 8.78 Å². The summed E-state index contributed by atoms with van der Waals surface area (Å²) in [5.41, 5.74) is 1.45. The fraction of sp³-hybridized carbons (Fsp3) is 0.538.